The second-order valence-electron chi connectivity index (χ2n) is 6.22. The number of esters is 1. The van der Waals surface area contributed by atoms with Crippen LogP contribution in [0, 0.1) is 5.82 Å². The molecule has 2 aromatic carbocycles. The van der Waals surface area contributed by atoms with Gasteiger partial charge in [0.05, 0.1) is 23.6 Å². The Morgan fingerprint density at radius 3 is 2.65 bits per heavy atom. The van der Waals surface area contributed by atoms with Gasteiger partial charge in [-0.05, 0) is 50.2 Å². The fourth-order valence-electron chi connectivity index (χ4n) is 2.50. The van der Waals surface area contributed by atoms with E-state index in [4.69, 9.17) is 13.9 Å². The number of aromatic nitrogens is 2. The highest BCUT2D eigenvalue weighted by molar-refractivity contribution is 7.99. The maximum atomic E-state index is 13.0. The lowest BCUT2D eigenvalue weighted by molar-refractivity contribution is -0.113. The van der Waals surface area contributed by atoms with Crippen LogP contribution in [-0.2, 0) is 9.53 Å². The van der Waals surface area contributed by atoms with Crippen molar-refractivity contribution in [3.63, 3.8) is 0 Å². The van der Waals surface area contributed by atoms with Gasteiger partial charge in [0.1, 0.15) is 11.6 Å². The lowest BCUT2D eigenvalue weighted by Crippen LogP contribution is -2.17. The SMILES string of the molecule is CCOC(=O)c1ccccc1NC(=O)CSc1nnc([C@@H](C)Oc2ccc(F)cc2)o1. The molecule has 0 aliphatic rings. The van der Waals surface area contributed by atoms with Crippen LogP contribution in [0.3, 0.4) is 0 Å². The largest absolute Gasteiger partial charge is 0.481 e. The van der Waals surface area contributed by atoms with Gasteiger partial charge < -0.3 is 19.2 Å². The maximum absolute atomic E-state index is 13.0. The molecule has 1 atom stereocenters. The summed E-state index contributed by atoms with van der Waals surface area (Å²) in [6.07, 6.45) is -0.558. The normalized spacial score (nSPS) is 11.6. The van der Waals surface area contributed by atoms with Crippen molar-refractivity contribution in [3.8, 4) is 5.75 Å². The van der Waals surface area contributed by atoms with Gasteiger partial charge in [-0.1, -0.05) is 23.9 Å². The molecule has 8 nitrogen and oxygen atoms in total. The number of halogens is 1. The minimum absolute atomic E-state index is 0.00794. The van der Waals surface area contributed by atoms with E-state index >= 15 is 0 Å². The number of carbonyl (C=O) groups excluding carboxylic acids is 2. The van der Waals surface area contributed by atoms with Gasteiger partial charge in [-0.2, -0.15) is 0 Å². The zero-order valence-corrected chi connectivity index (χ0v) is 17.6. The van der Waals surface area contributed by atoms with E-state index in [0.717, 1.165) is 11.8 Å². The van der Waals surface area contributed by atoms with Crippen LogP contribution in [0.15, 0.2) is 58.2 Å². The molecular weight excluding hydrogens is 425 g/mol. The molecule has 0 fully saturated rings. The van der Waals surface area contributed by atoms with Crippen molar-refractivity contribution in [1.82, 2.24) is 10.2 Å². The predicted octanol–water partition coefficient (Wildman–Crippen LogP) is 4.26. The van der Waals surface area contributed by atoms with Crippen LogP contribution in [0.2, 0.25) is 0 Å². The molecule has 3 rings (SSSR count). The summed E-state index contributed by atoms with van der Waals surface area (Å²) in [5.74, 6) is -0.549. The number of thioether (sulfide) groups is 1. The van der Waals surface area contributed by atoms with Crippen molar-refractivity contribution in [2.24, 2.45) is 0 Å². The van der Waals surface area contributed by atoms with Crippen LogP contribution in [0.4, 0.5) is 10.1 Å². The third-order valence-corrected chi connectivity index (χ3v) is 4.74. The van der Waals surface area contributed by atoms with Crippen molar-refractivity contribution < 1.29 is 27.9 Å². The molecule has 3 aromatic rings. The molecule has 162 valence electrons. The van der Waals surface area contributed by atoms with E-state index in [9.17, 15) is 14.0 Å². The van der Waals surface area contributed by atoms with E-state index < -0.39 is 12.1 Å². The van der Waals surface area contributed by atoms with E-state index in [1.54, 1.807) is 38.1 Å². The van der Waals surface area contributed by atoms with Gasteiger partial charge in [0, 0.05) is 0 Å². The molecule has 10 heteroatoms. The number of benzene rings is 2. The predicted molar refractivity (Wildman–Crippen MR) is 111 cm³/mol. The number of hydrogen-bond acceptors (Lipinski definition) is 8. The minimum Gasteiger partial charge on any atom is -0.481 e. The lowest BCUT2D eigenvalue weighted by atomic mass is 10.2. The number of nitrogens with one attached hydrogen (secondary N) is 1. The van der Waals surface area contributed by atoms with Crippen LogP contribution in [0.5, 0.6) is 5.75 Å². The van der Waals surface area contributed by atoms with Gasteiger partial charge in [0.15, 0.2) is 6.10 Å². The first kappa shape index (κ1) is 22.3. The standard InChI is InChI=1S/C21H20FN3O5S/c1-3-28-20(27)16-6-4-5-7-17(16)23-18(26)12-31-21-25-24-19(30-21)13(2)29-15-10-8-14(22)9-11-15/h4-11,13H,3,12H2,1-2H3,(H,23,26)/t13-/m1/s1. The molecule has 0 saturated carbocycles. The molecule has 0 unspecified atom stereocenters. The van der Waals surface area contributed by atoms with Crippen molar-refractivity contribution in [1.29, 1.82) is 0 Å². The zero-order chi connectivity index (χ0) is 22.2. The molecule has 1 N–H and O–H groups in total. The van der Waals surface area contributed by atoms with Gasteiger partial charge in [-0.3, -0.25) is 4.79 Å². The average molecular weight is 445 g/mol. The molecule has 0 aliphatic heterocycles. The molecule has 0 spiro atoms. The molecule has 0 bridgehead atoms. The number of nitrogens with zero attached hydrogens (tertiary/aromatic N) is 2. The van der Waals surface area contributed by atoms with Gasteiger partial charge in [0.25, 0.3) is 11.1 Å². The van der Waals surface area contributed by atoms with Crippen LogP contribution >= 0.6 is 11.8 Å². The smallest absolute Gasteiger partial charge is 0.340 e. The average Bonchev–Trinajstić information content (AvgIpc) is 3.24. The summed E-state index contributed by atoms with van der Waals surface area (Å²) in [7, 11) is 0. The molecule has 1 amide bonds. The van der Waals surface area contributed by atoms with Crippen LogP contribution in [-0.4, -0.2) is 34.4 Å². The monoisotopic (exact) mass is 445 g/mol. The fraction of sp³-hybridized carbons (Fsp3) is 0.238. The van der Waals surface area contributed by atoms with E-state index in [-0.39, 0.29) is 40.8 Å². The Hall–Kier alpha value is -3.40. The summed E-state index contributed by atoms with van der Waals surface area (Å²) < 4.78 is 29.1. The first-order valence-electron chi connectivity index (χ1n) is 9.40. The van der Waals surface area contributed by atoms with Gasteiger partial charge >= 0.3 is 5.97 Å². The second kappa shape index (κ2) is 10.6. The quantitative estimate of drug-likeness (QED) is 0.385. The maximum Gasteiger partial charge on any atom is 0.340 e. The molecule has 0 saturated heterocycles. The van der Waals surface area contributed by atoms with Crippen molar-refractivity contribution >= 4 is 29.3 Å². The lowest BCUT2D eigenvalue weighted by Gasteiger charge is -2.10. The first-order chi connectivity index (χ1) is 15.0. The van der Waals surface area contributed by atoms with Gasteiger partial charge in [0.2, 0.25) is 5.91 Å². The molecule has 0 radical (unpaired) electrons. The molecule has 1 aromatic heterocycles. The molecular formula is C21H20FN3O5S. The Balaban J connectivity index is 1.54. The topological polar surface area (TPSA) is 104 Å². The summed E-state index contributed by atoms with van der Waals surface area (Å²) in [5.41, 5.74) is 0.633. The van der Waals surface area contributed by atoms with Crippen LogP contribution < -0.4 is 10.1 Å². The third-order valence-electron chi connectivity index (χ3n) is 3.92. The van der Waals surface area contributed by atoms with Crippen LogP contribution in [0.25, 0.3) is 0 Å². The first-order valence-corrected chi connectivity index (χ1v) is 10.4. The number of para-hydroxylation sites is 1. The fourth-order valence-corrected chi connectivity index (χ4v) is 3.07. The second-order valence-corrected chi connectivity index (χ2v) is 7.15. The summed E-state index contributed by atoms with van der Waals surface area (Å²) in [5, 5.41) is 10.7. The van der Waals surface area contributed by atoms with Crippen molar-refractivity contribution in [3.05, 3.63) is 65.8 Å². The molecule has 1 heterocycles. The number of carbonyl (C=O) groups is 2. The summed E-state index contributed by atoms with van der Waals surface area (Å²) in [6.45, 7) is 3.66. The Bertz CT molecular complexity index is 1040. The number of anilines is 1. The number of amides is 1. The van der Waals surface area contributed by atoms with Crippen LogP contribution in [0.1, 0.15) is 36.2 Å². The number of ether oxygens (including phenoxy) is 2. The van der Waals surface area contributed by atoms with E-state index in [1.807, 2.05) is 0 Å². The van der Waals surface area contributed by atoms with Gasteiger partial charge in [-0.15, -0.1) is 10.2 Å². The van der Waals surface area contributed by atoms with Gasteiger partial charge in [-0.25, -0.2) is 9.18 Å². The minimum atomic E-state index is -0.558. The Kier molecular flexibility index (Phi) is 7.60. The molecule has 31 heavy (non-hydrogen) atoms. The summed E-state index contributed by atoms with van der Waals surface area (Å²) in [6, 6.07) is 12.2. The Labute approximate surface area is 182 Å². The van der Waals surface area contributed by atoms with E-state index in [0.29, 0.717) is 11.4 Å². The van der Waals surface area contributed by atoms with E-state index in [1.165, 1.54) is 24.3 Å². The summed E-state index contributed by atoms with van der Waals surface area (Å²) >= 11 is 1.05. The third kappa shape index (κ3) is 6.29. The number of rotatable bonds is 9. The van der Waals surface area contributed by atoms with Crippen molar-refractivity contribution in [2.75, 3.05) is 17.7 Å². The summed E-state index contributed by atoms with van der Waals surface area (Å²) in [4.78, 5) is 24.3. The molecule has 0 aliphatic carbocycles. The van der Waals surface area contributed by atoms with E-state index in [2.05, 4.69) is 15.5 Å². The number of hydrogen-bond donors (Lipinski definition) is 1. The zero-order valence-electron chi connectivity index (χ0n) is 16.8. The highest BCUT2D eigenvalue weighted by Crippen LogP contribution is 2.24. The Morgan fingerprint density at radius 1 is 1.16 bits per heavy atom. The Morgan fingerprint density at radius 2 is 1.90 bits per heavy atom. The highest BCUT2D eigenvalue weighted by Gasteiger charge is 2.18. The highest BCUT2D eigenvalue weighted by atomic mass is 32.2. The van der Waals surface area contributed by atoms with Crippen molar-refractivity contribution in [2.45, 2.75) is 25.2 Å².